The van der Waals surface area contributed by atoms with Crippen LogP contribution in [0.25, 0.3) is 0 Å². The molecule has 108 valence electrons. The standard InChI is InChI=1S/C16H15Cl2N3/c1-2-21(10-9-19)14-6-4-13(5-7-14)20-16-11-12(17)3-8-15(16)18/h3-8,11,20H,2,10H2,1H3. The summed E-state index contributed by atoms with van der Waals surface area (Å²) in [6, 6.07) is 15.3. The second-order valence-corrected chi connectivity index (χ2v) is 5.31. The van der Waals surface area contributed by atoms with E-state index in [9.17, 15) is 0 Å². The smallest absolute Gasteiger partial charge is 0.105 e. The molecule has 0 saturated heterocycles. The van der Waals surface area contributed by atoms with Crippen molar-refractivity contribution in [2.24, 2.45) is 0 Å². The average molecular weight is 320 g/mol. The molecule has 0 radical (unpaired) electrons. The predicted octanol–water partition coefficient (Wildman–Crippen LogP) is 5.09. The summed E-state index contributed by atoms with van der Waals surface area (Å²) in [6.45, 7) is 3.19. The van der Waals surface area contributed by atoms with Crippen molar-refractivity contribution >= 4 is 40.3 Å². The van der Waals surface area contributed by atoms with Crippen LogP contribution < -0.4 is 10.2 Å². The molecule has 3 nitrogen and oxygen atoms in total. The van der Waals surface area contributed by atoms with E-state index in [4.69, 9.17) is 28.5 Å². The molecule has 0 aromatic heterocycles. The minimum Gasteiger partial charge on any atom is -0.358 e. The van der Waals surface area contributed by atoms with E-state index in [1.807, 2.05) is 36.1 Å². The highest BCUT2D eigenvalue weighted by Gasteiger charge is 2.05. The van der Waals surface area contributed by atoms with Crippen molar-refractivity contribution < 1.29 is 0 Å². The Hall–Kier alpha value is -1.89. The first-order valence-electron chi connectivity index (χ1n) is 6.58. The summed E-state index contributed by atoms with van der Waals surface area (Å²) in [5.41, 5.74) is 2.69. The summed E-state index contributed by atoms with van der Waals surface area (Å²) in [6.07, 6.45) is 0. The van der Waals surface area contributed by atoms with Gasteiger partial charge in [-0.15, -0.1) is 0 Å². The number of nitrogens with zero attached hydrogens (tertiary/aromatic N) is 2. The summed E-state index contributed by atoms with van der Waals surface area (Å²) in [5, 5.41) is 13.3. The third kappa shape index (κ3) is 4.04. The molecule has 0 atom stereocenters. The van der Waals surface area contributed by atoms with Crippen molar-refractivity contribution in [3.8, 4) is 6.07 Å². The third-order valence-electron chi connectivity index (χ3n) is 3.08. The number of hydrogen-bond donors (Lipinski definition) is 1. The van der Waals surface area contributed by atoms with E-state index in [0.29, 0.717) is 16.6 Å². The zero-order valence-corrected chi connectivity index (χ0v) is 13.1. The average Bonchev–Trinajstić information content (AvgIpc) is 2.49. The summed E-state index contributed by atoms with van der Waals surface area (Å²) in [4.78, 5) is 2.00. The lowest BCUT2D eigenvalue weighted by molar-refractivity contribution is 0.912. The number of nitriles is 1. The van der Waals surface area contributed by atoms with E-state index >= 15 is 0 Å². The van der Waals surface area contributed by atoms with E-state index in [-0.39, 0.29) is 0 Å². The van der Waals surface area contributed by atoms with Crippen molar-refractivity contribution in [2.75, 3.05) is 23.3 Å². The monoisotopic (exact) mass is 319 g/mol. The molecule has 0 fully saturated rings. The minimum absolute atomic E-state index is 0.378. The van der Waals surface area contributed by atoms with Gasteiger partial charge in [0.1, 0.15) is 6.54 Å². The molecule has 2 aromatic carbocycles. The largest absolute Gasteiger partial charge is 0.358 e. The van der Waals surface area contributed by atoms with Crippen LogP contribution in [0.15, 0.2) is 42.5 Å². The minimum atomic E-state index is 0.378. The van der Waals surface area contributed by atoms with Gasteiger partial charge in [0.05, 0.1) is 16.8 Å². The molecule has 0 bridgehead atoms. The van der Waals surface area contributed by atoms with Crippen LogP contribution >= 0.6 is 23.2 Å². The van der Waals surface area contributed by atoms with Gasteiger partial charge in [-0.1, -0.05) is 23.2 Å². The van der Waals surface area contributed by atoms with Crippen LogP contribution in [-0.4, -0.2) is 13.1 Å². The molecule has 2 aromatic rings. The molecule has 0 amide bonds. The molecule has 0 heterocycles. The van der Waals surface area contributed by atoms with Gasteiger partial charge in [-0.3, -0.25) is 0 Å². The molecule has 0 saturated carbocycles. The van der Waals surface area contributed by atoms with Gasteiger partial charge in [-0.2, -0.15) is 5.26 Å². The van der Waals surface area contributed by atoms with Crippen LogP contribution in [0.3, 0.4) is 0 Å². The molecule has 0 aliphatic heterocycles. The van der Waals surface area contributed by atoms with Gasteiger partial charge in [0, 0.05) is 22.9 Å². The van der Waals surface area contributed by atoms with Crippen LogP contribution in [0, 0.1) is 11.3 Å². The molecule has 0 aliphatic carbocycles. The Bertz CT molecular complexity index is 648. The Morgan fingerprint density at radius 2 is 1.86 bits per heavy atom. The maximum atomic E-state index is 8.80. The lowest BCUT2D eigenvalue weighted by atomic mass is 10.2. The first-order chi connectivity index (χ1) is 10.1. The Balaban J connectivity index is 2.16. The molecule has 2 rings (SSSR count). The normalized spacial score (nSPS) is 10.0. The van der Waals surface area contributed by atoms with Crippen LogP contribution in [0.5, 0.6) is 0 Å². The molecule has 0 aliphatic rings. The molecular formula is C16H15Cl2N3. The van der Waals surface area contributed by atoms with E-state index in [1.165, 1.54) is 0 Å². The number of rotatable bonds is 5. The lowest BCUT2D eigenvalue weighted by Crippen LogP contribution is -2.22. The van der Waals surface area contributed by atoms with E-state index in [1.54, 1.807) is 18.2 Å². The highest BCUT2D eigenvalue weighted by Crippen LogP contribution is 2.29. The third-order valence-corrected chi connectivity index (χ3v) is 3.65. The van der Waals surface area contributed by atoms with Crippen LogP contribution in [-0.2, 0) is 0 Å². The van der Waals surface area contributed by atoms with Crippen LogP contribution in [0.1, 0.15) is 6.92 Å². The van der Waals surface area contributed by atoms with Gasteiger partial charge in [0.25, 0.3) is 0 Å². The lowest BCUT2D eigenvalue weighted by Gasteiger charge is -2.20. The quantitative estimate of drug-likeness (QED) is 0.780. The van der Waals surface area contributed by atoms with Crippen molar-refractivity contribution in [2.45, 2.75) is 6.92 Å². The fourth-order valence-corrected chi connectivity index (χ4v) is 2.31. The van der Waals surface area contributed by atoms with E-state index in [2.05, 4.69) is 11.4 Å². The number of nitrogens with one attached hydrogen (secondary N) is 1. The molecule has 0 unspecified atom stereocenters. The summed E-state index contributed by atoms with van der Waals surface area (Å²) >= 11 is 12.1. The van der Waals surface area contributed by atoms with Gasteiger partial charge in [0.2, 0.25) is 0 Å². The molecule has 5 heteroatoms. The Morgan fingerprint density at radius 1 is 1.14 bits per heavy atom. The zero-order valence-electron chi connectivity index (χ0n) is 11.6. The Labute approximate surface area is 134 Å². The van der Waals surface area contributed by atoms with Crippen molar-refractivity contribution in [3.63, 3.8) is 0 Å². The van der Waals surface area contributed by atoms with Crippen molar-refractivity contribution in [3.05, 3.63) is 52.5 Å². The first-order valence-corrected chi connectivity index (χ1v) is 7.33. The number of halogens is 2. The highest BCUT2D eigenvalue weighted by atomic mass is 35.5. The van der Waals surface area contributed by atoms with Gasteiger partial charge < -0.3 is 10.2 Å². The summed E-state index contributed by atoms with van der Waals surface area (Å²) in [5.74, 6) is 0. The topological polar surface area (TPSA) is 39.1 Å². The number of anilines is 3. The fourth-order valence-electron chi connectivity index (χ4n) is 1.98. The SMILES string of the molecule is CCN(CC#N)c1ccc(Nc2cc(Cl)ccc2Cl)cc1. The summed E-state index contributed by atoms with van der Waals surface area (Å²) in [7, 11) is 0. The fraction of sp³-hybridized carbons (Fsp3) is 0.188. The maximum absolute atomic E-state index is 8.80. The summed E-state index contributed by atoms with van der Waals surface area (Å²) < 4.78 is 0. The van der Waals surface area contributed by atoms with Crippen LogP contribution in [0.2, 0.25) is 10.0 Å². The number of benzene rings is 2. The van der Waals surface area contributed by atoms with E-state index in [0.717, 1.165) is 23.6 Å². The van der Waals surface area contributed by atoms with Gasteiger partial charge in [0.15, 0.2) is 0 Å². The Kier molecular flexibility index (Phi) is 5.32. The Morgan fingerprint density at radius 3 is 2.48 bits per heavy atom. The maximum Gasteiger partial charge on any atom is 0.105 e. The van der Waals surface area contributed by atoms with E-state index < -0.39 is 0 Å². The van der Waals surface area contributed by atoms with Gasteiger partial charge in [-0.05, 0) is 49.4 Å². The molecule has 21 heavy (non-hydrogen) atoms. The predicted molar refractivity (Wildman–Crippen MR) is 89.7 cm³/mol. The molecule has 1 N–H and O–H groups in total. The van der Waals surface area contributed by atoms with Crippen molar-refractivity contribution in [1.29, 1.82) is 5.26 Å². The second kappa shape index (κ2) is 7.21. The highest BCUT2D eigenvalue weighted by molar-refractivity contribution is 6.35. The molecule has 0 spiro atoms. The first kappa shape index (κ1) is 15.5. The second-order valence-electron chi connectivity index (χ2n) is 4.47. The van der Waals surface area contributed by atoms with Crippen molar-refractivity contribution in [1.82, 2.24) is 0 Å². The van der Waals surface area contributed by atoms with Gasteiger partial charge in [-0.25, -0.2) is 0 Å². The van der Waals surface area contributed by atoms with Crippen LogP contribution in [0.4, 0.5) is 17.1 Å². The van der Waals surface area contributed by atoms with Gasteiger partial charge >= 0.3 is 0 Å². The number of hydrogen-bond acceptors (Lipinski definition) is 3. The molecular weight excluding hydrogens is 305 g/mol. The zero-order chi connectivity index (χ0) is 15.2.